The smallest absolute Gasteiger partial charge is 0.0540 e. The van der Waals surface area contributed by atoms with Gasteiger partial charge in [-0.2, -0.15) is 0 Å². The summed E-state index contributed by atoms with van der Waals surface area (Å²) in [5.74, 6) is 0.717. The van der Waals surface area contributed by atoms with E-state index in [0.717, 1.165) is 38.1 Å². The van der Waals surface area contributed by atoms with Crippen LogP contribution < -0.4 is 4.90 Å². The highest BCUT2D eigenvalue weighted by molar-refractivity contribution is 5.85. The van der Waals surface area contributed by atoms with Crippen molar-refractivity contribution in [3.05, 3.63) is 42.5 Å². The van der Waals surface area contributed by atoms with Gasteiger partial charge < -0.3 is 10.0 Å². The lowest BCUT2D eigenvalue weighted by Gasteiger charge is -2.30. The van der Waals surface area contributed by atoms with Gasteiger partial charge in [-0.05, 0) is 54.5 Å². The SMILES string of the molecule is CN(CC1CCC(O)CC1)c1ccc2ccccc2c1. The molecular weight excluding hydrogens is 246 g/mol. The summed E-state index contributed by atoms with van der Waals surface area (Å²) in [5, 5.41) is 12.2. The second kappa shape index (κ2) is 5.84. The third-order valence-electron chi connectivity index (χ3n) is 4.52. The van der Waals surface area contributed by atoms with E-state index in [1.807, 2.05) is 0 Å². The zero-order valence-corrected chi connectivity index (χ0v) is 12.1. The van der Waals surface area contributed by atoms with Crippen LogP contribution in [0.1, 0.15) is 25.7 Å². The largest absolute Gasteiger partial charge is 0.393 e. The molecule has 1 aliphatic rings. The number of fused-ring (bicyclic) bond motifs is 1. The van der Waals surface area contributed by atoms with Crippen LogP contribution in [0, 0.1) is 5.92 Å². The van der Waals surface area contributed by atoms with E-state index in [1.54, 1.807) is 0 Å². The fourth-order valence-corrected chi connectivity index (χ4v) is 3.23. The second-order valence-corrected chi connectivity index (χ2v) is 6.09. The topological polar surface area (TPSA) is 23.5 Å². The first-order valence-electron chi connectivity index (χ1n) is 7.60. The average Bonchev–Trinajstić information content (AvgIpc) is 2.49. The van der Waals surface area contributed by atoms with Crippen LogP contribution in [0.2, 0.25) is 0 Å². The van der Waals surface area contributed by atoms with Crippen molar-refractivity contribution in [2.75, 3.05) is 18.5 Å². The molecule has 0 atom stereocenters. The van der Waals surface area contributed by atoms with Crippen molar-refractivity contribution in [1.82, 2.24) is 0 Å². The Labute approximate surface area is 121 Å². The highest BCUT2D eigenvalue weighted by Crippen LogP contribution is 2.27. The van der Waals surface area contributed by atoms with Crippen molar-refractivity contribution in [1.29, 1.82) is 0 Å². The highest BCUT2D eigenvalue weighted by atomic mass is 16.3. The maximum absolute atomic E-state index is 9.58. The van der Waals surface area contributed by atoms with E-state index in [-0.39, 0.29) is 6.10 Å². The van der Waals surface area contributed by atoms with Gasteiger partial charge in [0.2, 0.25) is 0 Å². The third-order valence-corrected chi connectivity index (χ3v) is 4.52. The zero-order chi connectivity index (χ0) is 13.9. The Hall–Kier alpha value is -1.54. The number of hydrogen-bond acceptors (Lipinski definition) is 2. The fraction of sp³-hybridized carbons (Fsp3) is 0.444. The maximum Gasteiger partial charge on any atom is 0.0540 e. The fourth-order valence-electron chi connectivity index (χ4n) is 3.23. The molecule has 3 rings (SSSR count). The van der Waals surface area contributed by atoms with Gasteiger partial charge >= 0.3 is 0 Å². The molecule has 0 radical (unpaired) electrons. The van der Waals surface area contributed by atoms with Crippen molar-refractivity contribution >= 4 is 16.5 Å². The van der Waals surface area contributed by atoms with Gasteiger partial charge in [0.15, 0.2) is 0 Å². The molecular formula is C18H23NO. The molecule has 0 unspecified atom stereocenters. The minimum Gasteiger partial charge on any atom is -0.393 e. The van der Waals surface area contributed by atoms with Crippen LogP contribution in [-0.2, 0) is 0 Å². The molecule has 2 aromatic carbocycles. The molecule has 1 aliphatic carbocycles. The summed E-state index contributed by atoms with van der Waals surface area (Å²) < 4.78 is 0. The van der Waals surface area contributed by atoms with Crippen molar-refractivity contribution < 1.29 is 5.11 Å². The van der Waals surface area contributed by atoms with Crippen LogP contribution in [0.4, 0.5) is 5.69 Å². The van der Waals surface area contributed by atoms with Gasteiger partial charge in [-0.3, -0.25) is 0 Å². The van der Waals surface area contributed by atoms with E-state index < -0.39 is 0 Å². The first-order valence-corrected chi connectivity index (χ1v) is 7.60. The lowest BCUT2D eigenvalue weighted by Crippen LogP contribution is -2.29. The van der Waals surface area contributed by atoms with Crippen molar-refractivity contribution in [3.63, 3.8) is 0 Å². The van der Waals surface area contributed by atoms with Crippen LogP contribution in [0.3, 0.4) is 0 Å². The van der Waals surface area contributed by atoms with E-state index in [0.29, 0.717) is 0 Å². The van der Waals surface area contributed by atoms with E-state index in [1.165, 1.54) is 16.5 Å². The number of nitrogens with zero attached hydrogens (tertiary/aromatic N) is 1. The summed E-state index contributed by atoms with van der Waals surface area (Å²) in [5.41, 5.74) is 1.29. The predicted octanol–water partition coefficient (Wildman–Crippen LogP) is 3.83. The molecule has 2 heteroatoms. The lowest BCUT2D eigenvalue weighted by molar-refractivity contribution is 0.110. The molecule has 2 nitrogen and oxygen atoms in total. The Morgan fingerprint density at radius 3 is 2.45 bits per heavy atom. The first-order chi connectivity index (χ1) is 9.72. The molecule has 0 aliphatic heterocycles. The molecule has 1 N–H and O–H groups in total. The van der Waals surface area contributed by atoms with Crippen LogP contribution in [-0.4, -0.2) is 24.8 Å². The van der Waals surface area contributed by atoms with E-state index in [4.69, 9.17) is 0 Å². The molecule has 106 valence electrons. The van der Waals surface area contributed by atoms with Gasteiger partial charge in [-0.15, -0.1) is 0 Å². The number of aliphatic hydroxyl groups excluding tert-OH is 1. The van der Waals surface area contributed by atoms with E-state index in [2.05, 4.69) is 54.4 Å². The molecule has 0 saturated heterocycles. The monoisotopic (exact) mass is 269 g/mol. The van der Waals surface area contributed by atoms with Crippen LogP contribution >= 0.6 is 0 Å². The number of aliphatic hydroxyl groups is 1. The van der Waals surface area contributed by atoms with Crippen LogP contribution in [0.5, 0.6) is 0 Å². The zero-order valence-electron chi connectivity index (χ0n) is 12.1. The number of benzene rings is 2. The molecule has 2 aromatic rings. The summed E-state index contributed by atoms with van der Waals surface area (Å²) >= 11 is 0. The van der Waals surface area contributed by atoms with Gasteiger partial charge in [-0.1, -0.05) is 30.3 Å². The summed E-state index contributed by atoms with van der Waals surface area (Å²) in [7, 11) is 2.18. The van der Waals surface area contributed by atoms with E-state index in [9.17, 15) is 5.11 Å². The normalized spacial score (nSPS) is 22.9. The predicted molar refractivity (Wildman–Crippen MR) is 85.2 cm³/mol. The summed E-state index contributed by atoms with van der Waals surface area (Å²) in [6, 6.07) is 15.2. The molecule has 0 bridgehead atoms. The molecule has 0 heterocycles. The summed E-state index contributed by atoms with van der Waals surface area (Å²) in [6.45, 7) is 1.09. The Morgan fingerprint density at radius 1 is 1.00 bits per heavy atom. The standard InChI is InChI=1S/C18H23NO/c1-19(13-14-6-10-18(20)11-7-14)17-9-8-15-4-2-3-5-16(15)12-17/h2-5,8-9,12,14,18,20H,6-7,10-11,13H2,1H3. The molecule has 1 saturated carbocycles. The van der Waals surface area contributed by atoms with Crippen molar-refractivity contribution in [3.8, 4) is 0 Å². The molecule has 1 fully saturated rings. The van der Waals surface area contributed by atoms with Crippen molar-refractivity contribution in [2.24, 2.45) is 5.92 Å². The third kappa shape index (κ3) is 2.96. The Kier molecular flexibility index (Phi) is 3.93. The lowest BCUT2D eigenvalue weighted by atomic mass is 9.87. The van der Waals surface area contributed by atoms with Crippen molar-refractivity contribution in [2.45, 2.75) is 31.8 Å². The number of rotatable bonds is 3. The van der Waals surface area contributed by atoms with E-state index >= 15 is 0 Å². The molecule has 0 aromatic heterocycles. The molecule has 0 amide bonds. The first kappa shape index (κ1) is 13.4. The maximum atomic E-state index is 9.58. The average molecular weight is 269 g/mol. The Bertz CT molecular complexity index is 572. The minimum absolute atomic E-state index is 0.0581. The quantitative estimate of drug-likeness (QED) is 0.915. The minimum atomic E-state index is -0.0581. The van der Waals surface area contributed by atoms with Gasteiger partial charge in [-0.25, -0.2) is 0 Å². The molecule has 20 heavy (non-hydrogen) atoms. The summed E-state index contributed by atoms with van der Waals surface area (Å²) in [6.07, 6.45) is 4.18. The van der Waals surface area contributed by atoms with Gasteiger partial charge in [0.25, 0.3) is 0 Å². The molecule has 0 spiro atoms. The van der Waals surface area contributed by atoms with Crippen LogP contribution in [0.15, 0.2) is 42.5 Å². The van der Waals surface area contributed by atoms with Gasteiger partial charge in [0.05, 0.1) is 6.10 Å². The number of anilines is 1. The highest BCUT2D eigenvalue weighted by Gasteiger charge is 2.20. The van der Waals surface area contributed by atoms with Crippen LogP contribution in [0.25, 0.3) is 10.8 Å². The van der Waals surface area contributed by atoms with Gasteiger partial charge in [0.1, 0.15) is 0 Å². The second-order valence-electron chi connectivity index (χ2n) is 6.09. The Morgan fingerprint density at radius 2 is 1.70 bits per heavy atom. The number of hydrogen-bond donors (Lipinski definition) is 1. The Balaban J connectivity index is 1.70. The van der Waals surface area contributed by atoms with Gasteiger partial charge in [0, 0.05) is 19.3 Å². The summed E-state index contributed by atoms with van der Waals surface area (Å²) in [4.78, 5) is 2.36.